The molecule has 1 saturated carbocycles. The van der Waals surface area contributed by atoms with Crippen molar-refractivity contribution in [3.05, 3.63) is 108 Å². The Kier molecular flexibility index (Phi) is 6.68. The van der Waals surface area contributed by atoms with Gasteiger partial charge in [-0.15, -0.1) is 13.2 Å². The summed E-state index contributed by atoms with van der Waals surface area (Å²) < 4.78 is 15.1. The number of allylic oxidation sites excluding steroid dienone is 2. The highest BCUT2D eigenvalue weighted by Gasteiger charge is 2.21. The molecule has 1 aliphatic carbocycles. The molecule has 4 rings (SSSR count). The van der Waals surface area contributed by atoms with E-state index in [9.17, 15) is 0 Å². The van der Waals surface area contributed by atoms with Gasteiger partial charge in [-0.1, -0.05) is 60.4 Å². The Bertz CT molecular complexity index is 1130. The van der Waals surface area contributed by atoms with Gasteiger partial charge < -0.3 is 0 Å². The highest BCUT2D eigenvalue weighted by atomic mass is 19.1. The van der Waals surface area contributed by atoms with E-state index in [-0.39, 0.29) is 5.82 Å². The van der Waals surface area contributed by atoms with E-state index in [1.54, 1.807) is 0 Å². The van der Waals surface area contributed by atoms with Crippen LogP contribution in [0.3, 0.4) is 0 Å². The molecule has 0 bridgehead atoms. The minimum absolute atomic E-state index is 0.227. The van der Waals surface area contributed by atoms with Crippen LogP contribution in [-0.2, 0) is 6.42 Å². The Labute approximate surface area is 185 Å². The van der Waals surface area contributed by atoms with Crippen LogP contribution in [0.2, 0.25) is 0 Å². The van der Waals surface area contributed by atoms with Gasteiger partial charge in [0.25, 0.3) is 0 Å². The molecule has 0 unspecified atom stereocenters. The Morgan fingerprint density at radius 1 is 0.903 bits per heavy atom. The summed E-state index contributed by atoms with van der Waals surface area (Å²) in [7, 11) is 0. The third-order valence-corrected chi connectivity index (χ3v) is 6.49. The van der Waals surface area contributed by atoms with E-state index in [1.165, 1.54) is 36.8 Å². The summed E-state index contributed by atoms with van der Waals surface area (Å²) in [5.41, 5.74) is 3.93. The summed E-state index contributed by atoms with van der Waals surface area (Å²) in [4.78, 5) is 0. The van der Waals surface area contributed by atoms with Crippen LogP contribution in [-0.4, -0.2) is 0 Å². The minimum atomic E-state index is -0.227. The first-order valence-corrected chi connectivity index (χ1v) is 11.2. The molecule has 0 saturated heterocycles. The van der Waals surface area contributed by atoms with Crippen LogP contribution in [0.4, 0.5) is 4.39 Å². The third kappa shape index (κ3) is 4.97. The molecule has 1 fully saturated rings. The number of hydrogen-bond donors (Lipinski definition) is 0. The predicted octanol–water partition coefficient (Wildman–Crippen LogP) is 7.96. The van der Waals surface area contributed by atoms with E-state index < -0.39 is 0 Å². The molecule has 0 aliphatic heterocycles. The quantitative estimate of drug-likeness (QED) is 0.297. The van der Waals surface area contributed by atoms with E-state index in [1.807, 2.05) is 36.4 Å². The van der Waals surface area contributed by atoms with Crippen molar-refractivity contribution < 1.29 is 4.39 Å². The van der Waals surface area contributed by atoms with E-state index in [2.05, 4.69) is 55.3 Å². The van der Waals surface area contributed by atoms with Gasteiger partial charge in [-0.3, -0.25) is 0 Å². The van der Waals surface area contributed by atoms with Crippen LogP contribution in [0.5, 0.6) is 0 Å². The van der Waals surface area contributed by atoms with E-state index in [0.717, 1.165) is 23.8 Å². The lowest BCUT2D eigenvalue weighted by Crippen LogP contribution is -2.11. The lowest BCUT2D eigenvalue weighted by molar-refractivity contribution is 0.376. The number of halogens is 1. The van der Waals surface area contributed by atoms with Crippen LogP contribution < -0.4 is 0 Å². The topological polar surface area (TPSA) is 0 Å². The van der Waals surface area contributed by atoms with Gasteiger partial charge in [0.05, 0.1) is 5.56 Å². The Balaban J connectivity index is 1.53. The van der Waals surface area contributed by atoms with Crippen LogP contribution >= 0.6 is 0 Å². The summed E-state index contributed by atoms with van der Waals surface area (Å²) in [5, 5.41) is 1.60. The average Bonchev–Trinajstić information content (AvgIpc) is 2.83. The minimum Gasteiger partial charge on any atom is -0.205 e. The molecular weight excluding hydrogens is 379 g/mol. The van der Waals surface area contributed by atoms with Crippen LogP contribution in [0.15, 0.2) is 79.9 Å². The molecule has 0 atom stereocenters. The van der Waals surface area contributed by atoms with Crippen LogP contribution in [0.1, 0.15) is 60.3 Å². The van der Waals surface area contributed by atoms with Crippen molar-refractivity contribution in [2.45, 2.75) is 44.4 Å². The molecule has 0 amide bonds. The zero-order valence-electron chi connectivity index (χ0n) is 18.0. The highest BCUT2D eigenvalue weighted by Crippen LogP contribution is 2.37. The number of aryl methyl sites for hydroxylation is 1. The number of hydrogen-bond acceptors (Lipinski definition) is 0. The fraction of sp³-hybridized carbons (Fsp3) is 0.267. The normalized spacial score (nSPS) is 18.2. The summed E-state index contributed by atoms with van der Waals surface area (Å²) >= 11 is 0. The van der Waals surface area contributed by atoms with Gasteiger partial charge >= 0.3 is 0 Å². The largest absolute Gasteiger partial charge is 0.205 e. The monoisotopic (exact) mass is 408 g/mol. The van der Waals surface area contributed by atoms with Crippen molar-refractivity contribution in [2.75, 3.05) is 0 Å². The zero-order chi connectivity index (χ0) is 21.6. The maximum atomic E-state index is 15.1. The Morgan fingerprint density at radius 3 is 2.39 bits per heavy atom. The second-order valence-corrected chi connectivity index (χ2v) is 8.53. The molecule has 1 heteroatoms. The molecule has 3 aromatic rings. The van der Waals surface area contributed by atoms with Crippen molar-refractivity contribution >= 4 is 10.8 Å². The van der Waals surface area contributed by atoms with Crippen LogP contribution in [0, 0.1) is 23.6 Å². The standard InChI is InChI=1S/C30H29F/c1-3-5-6-23-7-9-24(10-8-23)13-16-26-17-18-28-21-27(19-20-29(28)30(26)31)25-14-11-22(4-2)12-15-25/h3-4,7-10,17-22,25H,1-2,5-6,11-12,14-15H2. The lowest BCUT2D eigenvalue weighted by atomic mass is 9.78. The molecule has 3 aromatic carbocycles. The predicted molar refractivity (Wildman–Crippen MR) is 130 cm³/mol. The Hall–Kier alpha value is -3.11. The van der Waals surface area contributed by atoms with Crippen molar-refractivity contribution in [3.8, 4) is 11.8 Å². The summed E-state index contributed by atoms with van der Waals surface area (Å²) in [5.74, 6) is 7.12. The molecule has 0 aromatic heterocycles. The highest BCUT2D eigenvalue weighted by molar-refractivity contribution is 5.85. The van der Waals surface area contributed by atoms with E-state index in [0.29, 0.717) is 22.8 Å². The molecule has 0 nitrogen and oxygen atoms in total. The van der Waals surface area contributed by atoms with Crippen molar-refractivity contribution in [1.29, 1.82) is 0 Å². The van der Waals surface area contributed by atoms with Gasteiger partial charge in [-0.2, -0.15) is 0 Å². The second kappa shape index (κ2) is 9.80. The Morgan fingerprint density at radius 2 is 1.68 bits per heavy atom. The number of fused-ring (bicyclic) bond motifs is 1. The van der Waals surface area contributed by atoms with Crippen molar-refractivity contribution in [1.82, 2.24) is 0 Å². The molecule has 0 heterocycles. The first-order valence-electron chi connectivity index (χ1n) is 11.2. The first kappa shape index (κ1) is 21.1. The van der Waals surface area contributed by atoms with Crippen molar-refractivity contribution in [3.63, 3.8) is 0 Å². The lowest BCUT2D eigenvalue weighted by Gasteiger charge is -2.27. The molecule has 1 aliphatic rings. The fourth-order valence-electron chi connectivity index (χ4n) is 4.51. The third-order valence-electron chi connectivity index (χ3n) is 6.49. The van der Waals surface area contributed by atoms with Crippen LogP contribution in [0.25, 0.3) is 10.8 Å². The number of benzene rings is 3. The summed E-state index contributed by atoms with van der Waals surface area (Å²) in [6.45, 7) is 7.69. The maximum absolute atomic E-state index is 15.1. The van der Waals surface area contributed by atoms with Crippen molar-refractivity contribution in [2.24, 2.45) is 5.92 Å². The molecular formula is C30H29F. The zero-order valence-corrected chi connectivity index (χ0v) is 18.0. The molecule has 0 spiro atoms. The van der Waals surface area contributed by atoms with Gasteiger partial charge in [-0.25, -0.2) is 4.39 Å². The number of rotatable bonds is 5. The van der Waals surface area contributed by atoms with Gasteiger partial charge in [0.15, 0.2) is 0 Å². The smallest absolute Gasteiger partial charge is 0.146 e. The average molecular weight is 409 g/mol. The first-order chi connectivity index (χ1) is 15.2. The van der Waals surface area contributed by atoms with E-state index in [4.69, 9.17) is 0 Å². The summed E-state index contributed by atoms with van der Waals surface area (Å²) in [6.07, 6.45) is 10.7. The van der Waals surface area contributed by atoms with Gasteiger partial charge in [-0.05, 0) is 85.1 Å². The SMILES string of the molecule is C=CCCc1ccc(C#Cc2ccc3cc(C4CCC(C=C)CC4)ccc3c2F)cc1. The molecule has 156 valence electrons. The molecule has 0 radical (unpaired) electrons. The van der Waals surface area contributed by atoms with Gasteiger partial charge in [0, 0.05) is 10.9 Å². The summed E-state index contributed by atoms with van der Waals surface area (Å²) in [6, 6.07) is 18.2. The van der Waals surface area contributed by atoms with Gasteiger partial charge in [0.2, 0.25) is 0 Å². The maximum Gasteiger partial charge on any atom is 0.146 e. The molecule has 31 heavy (non-hydrogen) atoms. The second-order valence-electron chi connectivity index (χ2n) is 8.53. The van der Waals surface area contributed by atoms with Gasteiger partial charge in [0.1, 0.15) is 5.82 Å². The van der Waals surface area contributed by atoms with E-state index >= 15 is 4.39 Å². The molecule has 0 N–H and O–H groups in total. The fourth-order valence-corrected chi connectivity index (χ4v) is 4.51.